The van der Waals surface area contributed by atoms with Crippen LogP contribution in [0.1, 0.15) is 32.8 Å². The maximum absolute atomic E-state index is 13.3. The van der Waals surface area contributed by atoms with Crippen molar-refractivity contribution in [2.45, 2.75) is 34.1 Å². The number of ether oxygens (including phenoxy) is 1. The van der Waals surface area contributed by atoms with Gasteiger partial charge < -0.3 is 4.74 Å². The SMILES string of the molecule is Cc1ccc(F)c(OCCC(C)(C)C)c1. The molecule has 1 rings (SSSR count). The summed E-state index contributed by atoms with van der Waals surface area (Å²) in [6.07, 6.45) is 0.917. The molecule has 1 aromatic carbocycles. The topological polar surface area (TPSA) is 9.23 Å². The van der Waals surface area contributed by atoms with E-state index in [9.17, 15) is 4.39 Å². The largest absolute Gasteiger partial charge is 0.490 e. The Bertz CT molecular complexity index is 326. The lowest BCUT2D eigenvalue weighted by Gasteiger charge is -2.18. The van der Waals surface area contributed by atoms with E-state index in [1.807, 2.05) is 6.92 Å². The Morgan fingerprint density at radius 3 is 2.53 bits per heavy atom. The first kappa shape index (κ1) is 12.0. The minimum Gasteiger partial charge on any atom is -0.490 e. The van der Waals surface area contributed by atoms with E-state index in [0.29, 0.717) is 12.4 Å². The maximum atomic E-state index is 13.3. The normalized spacial score (nSPS) is 11.5. The van der Waals surface area contributed by atoms with Crippen LogP contribution >= 0.6 is 0 Å². The highest BCUT2D eigenvalue weighted by atomic mass is 19.1. The van der Waals surface area contributed by atoms with E-state index in [2.05, 4.69) is 20.8 Å². The van der Waals surface area contributed by atoms with Crippen molar-refractivity contribution < 1.29 is 9.13 Å². The number of hydrogen-bond acceptors (Lipinski definition) is 1. The summed E-state index contributed by atoms with van der Waals surface area (Å²) in [4.78, 5) is 0. The van der Waals surface area contributed by atoms with Crippen LogP contribution in [-0.4, -0.2) is 6.61 Å². The van der Waals surface area contributed by atoms with Crippen LogP contribution in [0.3, 0.4) is 0 Å². The van der Waals surface area contributed by atoms with Crippen LogP contribution in [0.15, 0.2) is 18.2 Å². The smallest absolute Gasteiger partial charge is 0.165 e. The molecule has 0 unspecified atom stereocenters. The predicted octanol–water partition coefficient (Wildman–Crippen LogP) is 3.95. The Kier molecular flexibility index (Phi) is 3.72. The number of aryl methyl sites for hydroxylation is 1. The third-order valence-electron chi connectivity index (χ3n) is 2.20. The van der Waals surface area contributed by atoms with E-state index >= 15 is 0 Å². The molecule has 0 aromatic heterocycles. The van der Waals surface area contributed by atoms with Gasteiger partial charge in [0.1, 0.15) is 0 Å². The van der Waals surface area contributed by atoms with Gasteiger partial charge in [-0.3, -0.25) is 0 Å². The Hall–Kier alpha value is -1.05. The zero-order valence-corrected chi connectivity index (χ0v) is 9.93. The minimum atomic E-state index is -0.283. The minimum absolute atomic E-state index is 0.223. The molecule has 0 saturated heterocycles. The second kappa shape index (κ2) is 4.65. The number of halogens is 1. The van der Waals surface area contributed by atoms with Gasteiger partial charge in [0.15, 0.2) is 11.6 Å². The molecule has 0 spiro atoms. The van der Waals surface area contributed by atoms with Crippen molar-refractivity contribution in [3.05, 3.63) is 29.6 Å². The van der Waals surface area contributed by atoms with Gasteiger partial charge >= 0.3 is 0 Å². The first-order valence-corrected chi connectivity index (χ1v) is 5.27. The van der Waals surface area contributed by atoms with Crippen molar-refractivity contribution in [2.75, 3.05) is 6.61 Å². The van der Waals surface area contributed by atoms with Gasteiger partial charge in [0.25, 0.3) is 0 Å². The molecule has 0 amide bonds. The van der Waals surface area contributed by atoms with E-state index in [1.165, 1.54) is 6.07 Å². The lowest BCUT2D eigenvalue weighted by Crippen LogP contribution is -2.11. The van der Waals surface area contributed by atoms with Crippen molar-refractivity contribution in [1.29, 1.82) is 0 Å². The maximum Gasteiger partial charge on any atom is 0.165 e. The van der Waals surface area contributed by atoms with Crippen LogP contribution in [-0.2, 0) is 0 Å². The average Bonchev–Trinajstić information content (AvgIpc) is 2.09. The fraction of sp³-hybridized carbons (Fsp3) is 0.538. The van der Waals surface area contributed by atoms with Crippen LogP contribution in [0.2, 0.25) is 0 Å². The number of hydrogen-bond donors (Lipinski definition) is 0. The number of benzene rings is 1. The summed E-state index contributed by atoms with van der Waals surface area (Å²) in [6, 6.07) is 4.92. The summed E-state index contributed by atoms with van der Waals surface area (Å²) in [5, 5.41) is 0. The van der Waals surface area contributed by atoms with E-state index in [-0.39, 0.29) is 11.2 Å². The summed E-state index contributed by atoms with van der Waals surface area (Å²) >= 11 is 0. The Morgan fingerprint density at radius 2 is 1.93 bits per heavy atom. The molecule has 1 nitrogen and oxygen atoms in total. The van der Waals surface area contributed by atoms with Crippen molar-refractivity contribution in [3.63, 3.8) is 0 Å². The third kappa shape index (κ3) is 4.32. The van der Waals surface area contributed by atoms with Crippen molar-refractivity contribution in [2.24, 2.45) is 5.41 Å². The molecule has 15 heavy (non-hydrogen) atoms. The van der Waals surface area contributed by atoms with Gasteiger partial charge in [-0.1, -0.05) is 26.8 Å². The first-order chi connectivity index (χ1) is 6.88. The molecule has 0 radical (unpaired) electrons. The predicted molar refractivity (Wildman–Crippen MR) is 60.7 cm³/mol. The highest BCUT2D eigenvalue weighted by Gasteiger charge is 2.11. The standard InChI is InChI=1S/C13H19FO/c1-10-5-6-11(14)12(9-10)15-8-7-13(2,3)4/h5-6,9H,7-8H2,1-4H3. The second-order valence-electron chi connectivity index (χ2n) is 5.09. The Balaban J connectivity index is 2.54. The number of rotatable bonds is 3. The molecule has 0 atom stereocenters. The van der Waals surface area contributed by atoms with Gasteiger partial charge in [0.2, 0.25) is 0 Å². The molecule has 0 fully saturated rings. The fourth-order valence-electron chi connectivity index (χ4n) is 1.19. The summed E-state index contributed by atoms with van der Waals surface area (Å²) in [5.74, 6) is 0.0776. The van der Waals surface area contributed by atoms with E-state index in [4.69, 9.17) is 4.74 Å². The van der Waals surface area contributed by atoms with Gasteiger partial charge in [-0.25, -0.2) is 4.39 Å². The molecular formula is C13H19FO. The molecule has 0 N–H and O–H groups in total. The summed E-state index contributed by atoms with van der Waals surface area (Å²) in [6.45, 7) is 8.91. The Labute approximate surface area is 91.3 Å². The van der Waals surface area contributed by atoms with Crippen LogP contribution in [0.25, 0.3) is 0 Å². The molecule has 0 aliphatic carbocycles. The van der Waals surface area contributed by atoms with Crippen molar-refractivity contribution in [1.82, 2.24) is 0 Å². The summed E-state index contributed by atoms with van der Waals surface area (Å²) < 4.78 is 18.7. The Morgan fingerprint density at radius 1 is 1.27 bits per heavy atom. The van der Waals surface area contributed by atoms with Crippen molar-refractivity contribution in [3.8, 4) is 5.75 Å². The lowest BCUT2D eigenvalue weighted by atomic mass is 9.93. The zero-order valence-electron chi connectivity index (χ0n) is 9.93. The van der Waals surface area contributed by atoms with E-state index in [1.54, 1.807) is 12.1 Å². The molecule has 84 valence electrons. The average molecular weight is 210 g/mol. The van der Waals surface area contributed by atoms with E-state index < -0.39 is 0 Å². The molecule has 1 aromatic rings. The molecule has 0 heterocycles. The molecule has 2 heteroatoms. The van der Waals surface area contributed by atoms with Gasteiger partial charge in [-0.05, 0) is 36.5 Å². The monoisotopic (exact) mass is 210 g/mol. The van der Waals surface area contributed by atoms with Gasteiger partial charge in [0.05, 0.1) is 6.61 Å². The van der Waals surface area contributed by atoms with E-state index in [0.717, 1.165) is 12.0 Å². The third-order valence-corrected chi connectivity index (χ3v) is 2.20. The summed E-state index contributed by atoms with van der Waals surface area (Å²) in [5.41, 5.74) is 1.24. The lowest BCUT2D eigenvalue weighted by molar-refractivity contribution is 0.235. The molecule has 0 aliphatic heterocycles. The first-order valence-electron chi connectivity index (χ1n) is 5.27. The second-order valence-corrected chi connectivity index (χ2v) is 5.09. The molecular weight excluding hydrogens is 191 g/mol. The summed E-state index contributed by atoms with van der Waals surface area (Å²) in [7, 11) is 0. The van der Waals surface area contributed by atoms with Gasteiger partial charge in [-0.15, -0.1) is 0 Å². The molecule has 0 saturated carbocycles. The van der Waals surface area contributed by atoms with Crippen LogP contribution in [0.5, 0.6) is 5.75 Å². The quantitative estimate of drug-likeness (QED) is 0.734. The molecule has 0 aliphatic rings. The fourth-order valence-corrected chi connectivity index (χ4v) is 1.19. The van der Waals surface area contributed by atoms with Crippen LogP contribution in [0, 0.1) is 18.2 Å². The highest BCUT2D eigenvalue weighted by molar-refractivity contribution is 5.29. The highest BCUT2D eigenvalue weighted by Crippen LogP contribution is 2.22. The van der Waals surface area contributed by atoms with Gasteiger partial charge in [-0.2, -0.15) is 0 Å². The van der Waals surface area contributed by atoms with Crippen LogP contribution in [0.4, 0.5) is 4.39 Å². The van der Waals surface area contributed by atoms with Gasteiger partial charge in [0, 0.05) is 0 Å². The molecule has 0 bridgehead atoms. The van der Waals surface area contributed by atoms with Crippen LogP contribution < -0.4 is 4.74 Å². The van der Waals surface area contributed by atoms with Crippen molar-refractivity contribution >= 4 is 0 Å². The zero-order chi connectivity index (χ0) is 11.5.